The van der Waals surface area contributed by atoms with Crippen molar-refractivity contribution in [3.05, 3.63) is 36.2 Å². The molecular formula is C18H22N4O3. The van der Waals surface area contributed by atoms with Gasteiger partial charge in [0.2, 0.25) is 0 Å². The van der Waals surface area contributed by atoms with Gasteiger partial charge in [0.15, 0.2) is 5.82 Å². The number of piperidine rings is 1. The minimum atomic E-state index is -0.254. The third-order valence-electron chi connectivity index (χ3n) is 4.42. The number of nitrogens with one attached hydrogen (secondary N) is 1. The lowest BCUT2D eigenvalue weighted by Crippen LogP contribution is -2.45. The van der Waals surface area contributed by atoms with Crippen molar-refractivity contribution in [3.63, 3.8) is 0 Å². The number of hydrogen-bond donors (Lipinski definition) is 1. The van der Waals surface area contributed by atoms with E-state index in [1.54, 1.807) is 17.9 Å². The summed E-state index contributed by atoms with van der Waals surface area (Å²) >= 11 is 0. The molecule has 0 radical (unpaired) electrons. The normalized spacial score (nSPS) is 17.3. The Hall–Kier alpha value is -2.70. The van der Waals surface area contributed by atoms with Crippen LogP contribution in [0.5, 0.6) is 0 Å². The highest BCUT2D eigenvalue weighted by atomic mass is 16.5. The summed E-state index contributed by atoms with van der Waals surface area (Å²) in [7, 11) is 0. The molecule has 7 heteroatoms. The van der Waals surface area contributed by atoms with Crippen LogP contribution in [0.3, 0.4) is 0 Å². The van der Waals surface area contributed by atoms with Crippen molar-refractivity contribution < 1.29 is 14.3 Å². The number of nitrogens with zero attached hydrogens (tertiary/aromatic N) is 3. The number of rotatable bonds is 5. The van der Waals surface area contributed by atoms with E-state index < -0.39 is 0 Å². The van der Waals surface area contributed by atoms with Crippen molar-refractivity contribution in [2.24, 2.45) is 0 Å². The SMILES string of the molecule is CCOC(=O)CC1CCCCN1C(=O)c1ccccc1-c1ncn[nH]1. The molecule has 0 spiro atoms. The highest BCUT2D eigenvalue weighted by Crippen LogP contribution is 2.26. The Labute approximate surface area is 146 Å². The van der Waals surface area contributed by atoms with E-state index >= 15 is 0 Å². The third kappa shape index (κ3) is 3.87. The lowest BCUT2D eigenvalue weighted by molar-refractivity contribution is -0.144. The average Bonchev–Trinajstić information content (AvgIpc) is 3.16. The quantitative estimate of drug-likeness (QED) is 0.843. The van der Waals surface area contributed by atoms with Crippen LogP contribution in [-0.2, 0) is 9.53 Å². The molecular weight excluding hydrogens is 320 g/mol. The second kappa shape index (κ2) is 7.92. The predicted octanol–water partition coefficient (Wildman–Crippen LogP) is 2.42. The maximum atomic E-state index is 13.2. The van der Waals surface area contributed by atoms with E-state index in [2.05, 4.69) is 15.2 Å². The maximum absolute atomic E-state index is 13.2. The number of hydrogen-bond acceptors (Lipinski definition) is 5. The highest BCUT2D eigenvalue weighted by Gasteiger charge is 2.30. The number of likely N-dealkylation sites (tertiary alicyclic amines) is 1. The summed E-state index contributed by atoms with van der Waals surface area (Å²) < 4.78 is 5.06. The highest BCUT2D eigenvalue weighted by molar-refractivity contribution is 6.00. The van der Waals surface area contributed by atoms with Crippen molar-refractivity contribution in [1.82, 2.24) is 20.1 Å². The molecule has 25 heavy (non-hydrogen) atoms. The number of carbonyl (C=O) groups is 2. The van der Waals surface area contributed by atoms with Gasteiger partial charge in [-0.1, -0.05) is 18.2 Å². The molecule has 1 aliphatic heterocycles. The fraction of sp³-hybridized carbons (Fsp3) is 0.444. The zero-order chi connectivity index (χ0) is 17.6. The van der Waals surface area contributed by atoms with Gasteiger partial charge in [0.05, 0.1) is 18.6 Å². The largest absolute Gasteiger partial charge is 0.466 e. The van der Waals surface area contributed by atoms with E-state index in [0.717, 1.165) is 19.3 Å². The molecule has 1 atom stereocenters. The number of amides is 1. The second-order valence-corrected chi connectivity index (χ2v) is 6.04. The molecule has 1 aliphatic rings. The number of aromatic amines is 1. The van der Waals surface area contributed by atoms with Crippen LogP contribution in [0.15, 0.2) is 30.6 Å². The summed E-state index contributed by atoms with van der Waals surface area (Å²) in [6.07, 6.45) is 4.42. The van der Waals surface area contributed by atoms with Crippen LogP contribution in [0.1, 0.15) is 43.0 Å². The van der Waals surface area contributed by atoms with Crippen molar-refractivity contribution >= 4 is 11.9 Å². The zero-order valence-corrected chi connectivity index (χ0v) is 14.3. The van der Waals surface area contributed by atoms with E-state index in [1.807, 2.05) is 18.2 Å². The molecule has 1 aromatic carbocycles. The van der Waals surface area contributed by atoms with Crippen LogP contribution >= 0.6 is 0 Å². The molecule has 1 saturated heterocycles. The predicted molar refractivity (Wildman–Crippen MR) is 91.7 cm³/mol. The molecule has 132 valence electrons. The molecule has 1 unspecified atom stereocenters. The van der Waals surface area contributed by atoms with Gasteiger partial charge in [-0.25, -0.2) is 4.98 Å². The van der Waals surface area contributed by atoms with Crippen LogP contribution in [0, 0.1) is 0 Å². The topological polar surface area (TPSA) is 88.2 Å². The summed E-state index contributed by atoms with van der Waals surface area (Å²) in [5.41, 5.74) is 1.28. The molecule has 7 nitrogen and oxygen atoms in total. The number of carbonyl (C=O) groups excluding carboxylic acids is 2. The molecule has 1 amide bonds. The van der Waals surface area contributed by atoms with E-state index in [9.17, 15) is 9.59 Å². The van der Waals surface area contributed by atoms with E-state index in [0.29, 0.717) is 30.1 Å². The summed E-state index contributed by atoms with van der Waals surface area (Å²) in [6, 6.07) is 7.20. The minimum Gasteiger partial charge on any atom is -0.466 e. The summed E-state index contributed by atoms with van der Waals surface area (Å²) in [6.45, 7) is 2.79. The number of ether oxygens (including phenoxy) is 1. The van der Waals surface area contributed by atoms with Crippen LogP contribution in [-0.4, -0.2) is 51.2 Å². The number of benzene rings is 1. The maximum Gasteiger partial charge on any atom is 0.307 e. The van der Waals surface area contributed by atoms with Crippen molar-refractivity contribution in [2.45, 2.75) is 38.6 Å². The van der Waals surface area contributed by atoms with Crippen molar-refractivity contribution in [3.8, 4) is 11.4 Å². The molecule has 1 aromatic heterocycles. The lowest BCUT2D eigenvalue weighted by atomic mass is 9.97. The Morgan fingerprint density at radius 3 is 2.92 bits per heavy atom. The molecule has 2 aromatic rings. The van der Waals surface area contributed by atoms with E-state index in [-0.39, 0.29) is 24.3 Å². The summed E-state index contributed by atoms with van der Waals surface area (Å²) in [5, 5.41) is 6.67. The van der Waals surface area contributed by atoms with Crippen molar-refractivity contribution in [2.75, 3.05) is 13.2 Å². The van der Waals surface area contributed by atoms with Gasteiger partial charge in [-0.15, -0.1) is 0 Å². The number of esters is 1. The van der Waals surface area contributed by atoms with Crippen LogP contribution in [0.4, 0.5) is 0 Å². The molecule has 1 fully saturated rings. The Bertz CT molecular complexity index is 730. The fourth-order valence-electron chi connectivity index (χ4n) is 3.26. The van der Waals surface area contributed by atoms with E-state index in [1.165, 1.54) is 6.33 Å². The van der Waals surface area contributed by atoms with Crippen LogP contribution in [0.2, 0.25) is 0 Å². The van der Waals surface area contributed by atoms with Gasteiger partial charge in [0.1, 0.15) is 6.33 Å². The van der Waals surface area contributed by atoms with Crippen molar-refractivity contribution in [1.29, 1.82) is 0 Å². The lowest BCUT2D eigenvalue weighted by Gasteiger charge is -2.35. The summed E-state index contributed by atoms with van der Waals surface area (Å²) in [5.74, 6) is 0.222. The van der Waals surface area contributed by atoms with Gasteiger partial charge in [-0.2, -0.15) is 5.10 Å². The number of H-pyrrole nitrogens is 1. The monoisotopic (exact) mass is 342 g/mol. The van der Waals surface area contributed by atoms with E-state index in [4.69, 9.17) is 4.74 Å². The Kier molecular flexibility index (Phi) is 5.42. The van der Waals surface area contributed by atoms with Gasteiger partial charge < -0.3 is 9.64 Å². The van der Waals surface area contributed by atoms with Gasteiger partial charge >= 0.3 is 5.97 Å². The second-order valence-electron chi connectivity index (χ2n) is 6.04. The van der Waals surface area contributed by atoms with Gasteiger partial charge in [-0.05, 0) is 32.3 Å². The Balaban J connectivity index is 1.85. The fourth-order valence-corrected chi connectivity index (χ4v) is 3.26. The Morgan fingerprint density at radius 2 is 2.16 bits per heavy atom. The zero-order valence-electron chi connectivity index (χ0n) is 14.3. The third-order valence-corrected chi connectivity index (χ3v) is 4.42. The van der Waals surface area contributed by atoms with Gasteiger partial charge in [0, 0.05) is 18.2 Å². The molecule has 0 bridgehead atoms. The molecule has 1 N–H and O–H groups in total. The average molecular weight is 342 g/mol. The first-order valence-corrected chi connectivity index (χ1v) is 8.62. The smallest absolute Gasteiger partial charge is 0.307 e. The number of aromatic nitrogens is 3. The molecule has 0 aliphatic carbocycles. The summed E-state index contributed by atoms with van der Waals surface area (Å²) in [4.78, 5) is 31.0. The first-order valence-electron chi connectivity index (χ1n) is 8.62. The molecule has 2 heterocycles. The van der Waals surface area contributed by atoms with Crippen LogP contribution in [0.25, 0.3) is 11.4 Å². The molecule has 0 saturated carbocycles. The molecule has 3 rings (SSSR count). The first-order chi connectivity index (χ1) is 12.2. The van der Waals surface area contributed by atoms with Gasteiger partial charge in [0.25, 0.3) is 5.91 Å². The van der Waals surface area contributed by atoms with Gasteiger partial charge in [-0.3, -0.25) is 14.7 Å². The Morgan fingerprint density at radius 1 is 1.32 bits per heavy atom. The minimum absolute atomic E-state index is 0.0824. The first kappa shape index (κ1) is 17.1. The van der Waals surface area contributed by atoms with Crippen LogP contribution < -0.4 is 0 Å². The standard InChI is InChI=1S/C18H22N4O3/c1-2-25-16(23)11-13-7-5-6-10-22(13)18(24)15-9-4-3-8-14(15)17-19-12-20-21-17/h3-4,8-9,12-13H,2,5-7,10-11H2,1H3,(H,19,20,21).